The number of carbonyl (C=O) groups is 1. The first-order valence-electron chi connectivity index (χ1n) is 8.98. The van der Waals surface area contributed by atoms with Gasteiger partial charge in [-0.15, -0.1) is 0 Å². The van der Waals surface area contributed by atoms with Crippen molar-refractivity contribution in [2.45, 2.75) is 50.0 Å². The van der Waals surface area contributed by atoms with Crippen LogP contribution < -0.4 is 0 Å². The highest BCUT2D eigenvalue weighted by Gasteiger charge is 2.49. The van der Waals surface area contributed by atoms with Gasteiger partial charge in [0.1, 0.15) is 5.82 Å². The Morgan fingerprint density at radius 3 is 2.57 bits per heavy atom. The number of benzene rings is 1. The van der Waals surface area contributed by atoms with Gasteiger partial charge in [0.05, 0.1) is 5.41 Å². The van der Waals surface area contributed by atoms with E-state index >= 15 is 0 Å². The topological polar surface area (TPSA) is 23.6 Å². The average Bonchev–Trinajstić information content (AvgIpc) is 3.17. The largest absolute Gasteiger partial charge is 0.340 e. The second-order valence-electron chi connectivity index (χ2n) is 7.38. The van der Waals surface area contributed by atoms with Crippen LogP contribution in [0.3, 0.4) is 0 Å². The summed E-state index contributed by atoms with van der Waals surface area (Å²) < 4.78 is 13.6. The molecule has 1 aromatic rings. The molecule has 3 nitrogen and oxygen atoms in total. The summed E-state index contributed by atoms with van der Waals surface area (Å²) in [7, 11) is 0. The lowest BCUT2D eigenvalue weighted by molar-refractivity contribution is -0.140. The molecule has 0 aromatic heterocycles. The molecule has 3 fully saturated rings. The molecule has 0 bridgehead atoms. The summed E-state index contributed by atoms with van der Waals surface area (Å²) in [6.07, 6.45) is 6.45. The Balaban J connectivity index is 1.51. The fraction of sp³-hybridized carbons (Fsp3) is 0.632. The van der Waals surface area contributed by atoms with E-state index in [9.17, 15) is 9.18 Å². The average molecular weight is 316 g/mol. The van der Waals surface area contributed by atoms with E-state index in [0.29, 0.717) is 6.04 Å². The maximum atomic E-state index is 13.6. The van der Waals surface area contributed by atoms with Crippen LogP contribution in [0.25, 0.3) is 0 Å². The molecule has 0 N–H and O–H groups in total. The number of amides is 1. The van der Waals surface area contributed by atoms with Crippen molar-refractivity contribution in [3.05, 3.63) is 35.6 Å². The minimum absolute atomic E-state index is 0.232. The van der Waals surface area contributed by atoms with Crippen molar-refractivity contribution in [3.63, 3.8) is 0 Å². The Morgan fingerprint density at radius 2 is 1.91 bits per heavy atom. The molecule has 4 rings (SSSR count). The number of nitrogens with zero attached hydrogens (tertiary/aromatic N) is 2. The van der Waals surface area contributed by atoms with Crippen molar-refractivity contribution in [2.75, 3.05) is 26.2 Å². The number of likely N-dealkylation sites (tertiary alicyclic amines) is 2. The standard InChI is InChI=1S/C19H25FN2O/c20-16-6-3-5-15(13-16)19(8-4-9-19)18(23)22-12-7-17(14-22)21-10-1-2-11-21/h3,5-6,13,17H,1-2,4,7-12,14H2/t17-/m1/s1. The van der Waals surface area contributed by atoms with Gasteiger partial charge in [-0.1, -0.05) is 18.6 Å². The first kappa shape index (κ1) is 15.1. The second-order valence-corrected chi connectivity index (χ2v) is 7.38. The van der Waals surface area contributed by atoms with Gasteiger partial charge < -0.3 is 4.90 Å². The van der Waals surface area contributed by atoms with E-state index in [4.69, 9.17) is 0 Å². The number of hydrogen-bond donors (Lipinski definition) is 0. The highest BCUT2D eigenvalue weighted by atomic mass is 19.1. The van der Waals surface area contributed by atoms with Crippen LogP contribution in [-0.4, -0.2) is 47.9 Å². The summed E-state index contributed by atoms with van der Waals surface area (Å²) in [5, 5.41) is 0. The predicted molar refractivity (Wildman–Crippen MR) is 87.7 cm³/mol. The molecular formula is C19H25FN2O. The monoisotopic (exact) mass is 316 g/mol. The zero-order chi connectivity index (χ0) is 15.9. The first-order chi connectivity index (χ1) is 11.2. The number of rotatable bonds is 3. The van der Waals surface area contributed by atoms with Crippen LogP contribution in [0.2, 0.25) is 0 Å². The molecule has 2 saturated heterocycles. The van der Waals surface area contributed by atoms with Crippen LogP contribution in [0.1, 0.15) is 44.1 Å². The van der Waals surface area contributed by atoms with Gasteiger partial charge in [0.15, 0.2) is 0 Å². The molecule has 4 heteroatoms. The molecule has 1 aromatic carbocycles. The van der Waals surface area contributed by atoms with Crippen LogP contribution in [0.15, 0.2) is 24.3 Å². The summed E-state index contributed by atoms with van der Waals surface area (Å²) in [4.78, 5) is 17.8. The highest BCUT2D eigenvalue weighted by Crippen LogP contribution is 2.46. The number of carbonyl (C=O) groups excluding carboxylic acids is 1. The summed E-state index contributed by atoms with van der Waals surface area (Å²) in [5.74, 6) is -0.00557. The molecule has 2 aliphatic heterocycles. The Bertz CT molecular complexity index is 593. The van der Waals surface area contributed by atoms with Gasteiger partial charge in [0.25, 0.3) is 0 Å². The maximum Gasteiger partial charge on any atom is 0.233 e. The van der Waals surface area contributed by atoms with E-state index in [2.05, 4.69) is 4.90 Å². The van der Waals surface area contributed by atoms with E-state index < -0.39 is 5.41 Å². The van der Waals surface area contributed by atoms with Gasteiger partial charge in [0.2, 0.25) is 5.91 Å². The van der Waals surface area contributed by atoms with Crippen LogP contribution in [0.4, 0.5) is 4.39 Å². The lowest BCUT2D eigenvalue weighted by Gasteiger charge is -2.43. The smallest absolute Gasteiger partial charge is 0.233 e. The van der Waals surface area contributed by atoms with Crippen molar-refractivity contribution in [3.8, 4) is 0 Å². The quantitative estimate of drug-likeness (QED) is 0.856. The minimum atomic E-state index is -0.456. The van der Waals surface area contributed by atoms with Crippen molar-refractivity contribution in [1.29, 1.82) is 0 Å². The van der Waals surface area contributed by atoms with Crippen molar-refractivity contribution in [1.82, 2.24) is 9.80 Å². The summed E-state index contributed by atoms with van der Waals surface area (Å²) in [6.45, 7) is 4.08. The molecule has 23 heavy (non-hydrogen) atoms. The van der Waals surface area contributed by atoms with Crippen LogP contribution >= 0.6 is 0 Å². The van der Waals surface area contributed by atoms with Gasteiger partial charge in [-0.05, 0) is 62.9 Å². The molecule has 0 radical (unpaired) electrons. The van der Waals surface area contributed by atoms with Gasteiger partial charge in [-0.2, -0.15) is 0 Å². The molecule has 1 aliphatic carbocycles. The SMILES string of the molecule is O=C(N1CC[C@@H](N2CCCC2)C1)C1(c2cccc(F)c2)CCC1. The van der Waals surface area contributed by atoms with Crippen molar-refractivity contribution < 1.29 is 9.18 Å². The van der Waals surface area contributed by atoms with E-state index in [1.165, 1.54) is 32.0 Å². The zero-order valence-electron chi connectivity index (χ0n) is 13.6. The number of hydrogen-bond acceptors (Lipinski definition) is 2. The third-order valence-electron chi connectivity index (χ3n) is 6.10. The summed E-state index contributed by atoms with van der Waals surface area (Å²) in [5.41, 5.74) is 0.417. The molecule has 3 aliphatic rings. The Morgan fingerprint density at radius 1 is 1.13 bits per heavy atom. The maximum absolute atomic E-state index is 13.6. The molecule has 0 spiro atoms. The Hall–Kier alpha value is -1.42. The molecule has 2 heterocycles. The van der Waals surface area contributed by atoms with Crippen LogP contribution in [0.5, 0.6) is 0 Å². The van der Waals surface area contributed by atoms with Gasteiger partial charge in [-0.25, -0.2) is 4.39 Å². The lowest BCUT2D eigenvalue weighted by atomic mass is 9.63. The first-order valence-corrected chi connectivity index (χ1v) is 8.98. The van der Waals surface area contributed by atoms with Gasteiger partial charge in [-0.3, -0.25) is 9.69 Å². The van der Waals surface area contributed by atoms with Crippen molar-refractivity contribution in [2.24, 2.45) is 0 Å². The van der Waals surface area contributed by atoms with E-state index in [-0.39, 0.29) is 11.7 Å². The fourth-order valence-electron chi connectivity index (χ4n) is 4.58. The Labute approximate surface area is 137 Å². The van der Waals surface area contributed by atoms with Gasteiger partial charge >= 0.3 is 0 Å². The predicted octanol–water partition coefficient (Wildman–Crippen LogP) is 2.94. The summed E-state index contributed by atoms with van der Waals surface area (Å²) >= 11 is 0. The minimum Gasteiger partial charge on any atom is -0.340 e. The number of halogens is 1. The van der Waals surface area contributed by atoms with E-state index in [1.807, 2.05) is 11.0 Å². The van der Waals surface area contributed by atoms with Crippen LogP contribution in [0, 0.1) is 5.82 Å². The second kappa shape index (κ2) is 5.90. The molecular weight excluding hydrogens is 291 g/mol. The lowest BCUT2D eigenvalue weighted by Crippen LogP contribution is -2.51. The fourth-order valence-corrected chi connectivity index (χ4v) is 4.58. The molecule has 1 atom stereocenters. The third kappa shape index (κ3) is 2.57. The molecule has 1 amide bonds. The van der Waals surface area contributed by atoms with Gasteiger partial charge in [0, 0.05) is 19.1 Å². The Kier molecular flexibility index (Phi) is 3.88. The van der Waals surface area contributed by atoms with Crippen LogP contribution in [-0.2, 0) is 10.2 Å². The molecule has 0 unspecified atom stereocenters. The molecule has 124 valence electrons. The zero-order valence-corrected chi connectivity index (χ0v) is 13.6. The molecule has 1 saturated carbocycles. The summed E-state index contributed by atoms with van der Waals surface area (Å²) in [6, 6.07) is 7.21. The highest BCUT2D eigenvalue weighted by molar-refractivity contribution is 5.89. The van der Waals surface area contributed by atoms with E-state index in [0.717, 1.165) is 44.3 Å². The third-order valence-corrected chi connectivity index (χ3v) is 6.10. The van der Waals surface area contributed by atoms with Crippen molar-refractivity contribution >= 4 is 5.91 Å². The van der Waals surface area contributed by atoms with E-state index in [1.54, 1.807) is 12.1 Å². The normalized spacial score (nSPS) is 27.2.